The molecular weight excluding hydrogens is 266 g/mol. The van der Waals surface area contributed by atoms with Gasteiger partial charge in [0.05, 0.1) is 22.8 Å². The van der Waals surface area contributed by atoms with E-state index >= 15 is 0 Å². The zero-order valence-corrected chi connectivity index (χ0v) is 11.4. The number of carboxylic acids is 1. The SMILES string of the molecule is Cc1cc(Nc2cnc3ccccc3n2)ccc1C(=O)O. The normalized spacial score (nSPS) is 10.5. The molecule has 0 aliphatic carbocycles. The second-order valence-corrected chi connectivity index (χ2v) is 4.70. The van der Waals surface area contributed by atoms with E-state index in [1.165, 1.54) is 0 Å². The fourth-order valence-corrected chi connectivity index (χ4v) is 2.15. The molecule has 0 bridgehead atoms. The van der Waals surface area contributed by atoms with Crippen LogP contribution < -0.4 is 5.32 Å². The average Bonchev–Trinajstić information content (AvgIpc) is 2.47. The highest BCUT2D eigenvalue weighted by atomic mass is 16.4. The lowest BCUT2D eigenvalue weighted by atomic mass is 10.1. The van der Waals surface area contributed by atoms with Gasteiger partial charge in [-0.2, -0.15) is 0 Å². The van der Waals surface area contributed by atoms with Gasteiger partial charge in [0, 0.05) is 5.69 Å². The van der Waals surface area contributed by atoms with E-state index in [1.54, 1.807) is 31.3 Å². The van der Waals surface area contributed by atoms with Crippen LogP contribution in [0.4, 0.5) is 11.5 Å². The number of aryl methyl sites for hydroxylation is 1. The van der Waals surface area contributed by atoms with Crippen LogP contribution in [0.3, 0.4) is 0 Å². The molecule has 1 heterocycles. The minimum Gasteiger partial charge on any atom is -0.478 e. The number of nitrogens with zero attached hydrogens (tertiary/aromatic N) is 2. The minimum absolute atomic E-state index is 0.296. The van der Waals surface area contributed by atoms with Gasteiger partial charge in [-0.15, -0.1) is 0 Å². The van der Waals surface area contributed by atoms with Crippen LogP contribution in [-0.2, 0) is 0 Å². The van der Waals surface area contributed by atoms with Gasteiger partial charge >= 0.3 is 5.97 Å². The number of hydrogen-bond donors (Lipinski definition) is 2. The van der Waals surface area contributed by atoms with Crippen molar-refractivity contribution in [1.82, 2.24) is 9.97 Å². The largest absolute Gasteiger partial charge is 0.478 e. The van der Waals surface area contributed by atoms with E-state index in [2.05, 4.69) is 15.3 Å². The number of rotatable bonds is 3. The van der Waals surface area contributed by atoms with Crippen molar-refractivity contribution in [3.05, 3.63) is 59.8 Å². The molecule has 5 heteroatoms. The first-order chi connectivity index (χ1) is 10.1. The van der Waals surface area contributed by atoms with Crippen LogP contribution in [0.25, 0.3) is 11.0 Å². The van der Waals surface area contributed by atoms with Crippen molar-refractivity contribution in [3.63, 3.8) is 0 Å². The lowest BCUT2D eigenvalue weighted by molar-refractivity contribution is 0.0696. The second kappa shape index (κ2) is 5.20. The van der Waals surface area contributed by atoms with Crippen molar-refractivity contribution < 1.29 is 9.90 Å². The van der Waals surface area contributed by atoms with E-state index in [-0.39, 0.29) is 0 Å². The fourth-order valence-electron chi connectivity index (χ4n) is 2.15. The Hall–Kier alpha value is -2.95. The van der Waals surface area contributed by atoms with E-state index in [9.17, 15) is 4.79 Å². The van der Waals surface area contributed by atoms with Crippen molar-refractivity contribution >= 4 is 28.5 Å². The molecule has 0 spiro atoms. The quantitative estimate of drug-likeness (QED) is 0.768. The molecule has 0 saturated carbocycles. The van der Waals surface area contributed by atoms with Gasteiger partial charge in [-0.05, 0) is 42.8 Å². The molecule has 104 valence electrons. The number of hydrogen-bond acceptors (Lipinski definition) is 4. The molecular formula is C16H13N3O2. The van der Waals surface area contributed by atoms with Crippen molar-refractivity contribution in [2.45, 2.75) is 6.92 Å². The van der Waals surface area contributed by atoms with Gasteiger partial charge in [0.25, 0.3) is 0 Å². The van der Waals surface area contributed by atoms with Crippen molar-refractivity contribution in [2.24, 2.45) is 0 Å². The first-order valence-corrected chi connectivity index (χ1v) is 6.46. The smallest absolute Gasteiger partial charge is 0.335 e. The molecule has 0 fully saturated rings. The molecule has 2 aromatic carbocycles. The first kappa shape index (κ1) is 13.1. The van der Waals surface area contributed by atoms with Crippen LogP contribution in [0, 0.1) is 6.92 Å². The van der Waals surface area contributed by atoms with Crippen LogP contribution in [0.2, 0.25) is 0 Å². The molecule has 1 aromatic heterocycles. The Morgan fingerprint density at radius 2 is 1.90 bits per heavy atom. The maximum absolute atomic E-state index is 11.0. The van der Waals surface area contributed by atoms with E-state index in [0.717, 1.165) is 16.7 Å². The predicted octanol–water partition coefficient (Wildman–Crippen LogP) is 3.38. The fraction of sp³-hybridized carbons (Fsp3) is 0.0625. The third-order valence-corrected chi connectivity index (χ3v) is 3.18. The third kappa shape index (κ3) is 2.67. The van der Waals surface area contributed by atoms with Crippen LogP contribution in [0.5, 0.6) is 0 Å². The van der Waals surface area contributed by atoms with E-state index in [1.807, 2.05) is 24.3 Å². The van der Waals surface area contributed by atoms with Gasteiger partial charge in [0.1, 0.15) is 5.82 Å². The number of benzene rings is 2. The highest BCUT2D eigenvalue weighted by Crippen LogP contribution is 2.20. The number of aromatic nitrogens is 2. The van der Waals surface area contributed by atoms with Crippen molar-refractivity contribution in [2.75, 3.05) is 5.32 Å². The molecule has 0 saturated heterocycles. The molecule has 0 unspecified atom stereocenters. The highest BCUT2D eigenvalue weighted by molar-refractivity contribution is 5.90. The average molecular weight is 279 g/mol. The number of para-hydroxylation sites is 2. The van der Waals surface area contributed by atoms with Gasteiger partial charge in [-0.1, -0.05) is 12.1 Å². The molecule has 5 nitrogen and oxygen atoms in total. The molecule has 0 aliphatic rings. The Morgan fingerprint density at radius 1 is 1.14 bits per heavy atom. The molecule has 0 atom stereocenters. The van der Waals surface area contributed by atoms with Gasteiger partial charge in [-0.25, -0.2) is 9.78 Å². The van der Waals surface area contributed by atoms with Gasteiger partial charge in [-0.3, -0.25) is 4.98 Å². The Labute approximate surface area is 121 Å². The molecule has 3 aromatic rings. The molecule has 0 radical (unpaired) electrons. The van der Waals surface area contributed by atoms with Crippen LogP contribution in [0.15, 0.2) is 48.7 Å². The van der Waals surface area contributed by atoms with Crippen molar-refractivity contribution in [1.29, 1.82) is 0 Å². The van der Waals surface area contributed by atoms with E-state index in [0.29, 0.717) is 16.9 Å². The summed E-state index contributed by atoms with van der Waals surface area (Å²) < 4.78 is 0. The summed E-state index contributed by atoms with van der Waals surface area (Å²) in [5.41, 5.74) is 3.41. The lowest BCUT2D eigenvalue weighted by Crippen LogP contribution is -2.01. The third-order valence-electron chi connectivity index (χ3n) is 3.18. The number of nitrogens with one attached hydrogen (secondary N) is 1. The summed E-state index contributed by atoms with van der Waals surface area (Å²) in [6, 6.07) is 12.7. The molecule has 2 N–H and O–H groups in total. The number of anilines is 2. The number of carboxylic acid groups (broad SMARTS) is 1. The predicted molar refractivity (Wildman–Crippen MR) is 81.0 cm³/mol. The highest BCUT2D eigenvalue weighted by Gasteiger charge is 2.07. The van der Waals surface area contributed by atoms with E-state index < -0.39 is 5.97 Å². The number of aromatic carboxylic acids is 1. The summed E-state index contributed by atoms with van der Waals surface area (Å²) in [6.07, 6.45) is 1.66. The number of carbonyl (C=O) groups is 1. The zero-order chi connectivity index (χ0) is 14.8. The summed E-state index contributed by atoms with van der Waals surface area (Å²) in [5, 5.41) is 12.2. The Balaban J connectivity index is 1.91. The second-order valence-electron chi connectivity index (χ2n) is 4.70. The van der Waals surface area contributed by atoms with Crippen molar-refractivity contribution in [3.8, 4) is 0 Å². The summed E-state index contributed by atoms with van der Waals surface area (Å²) >= 11 is 0. The molecule has 3 rings (SSSR count). The first-order valence-electron chi connectivity index (χ1n) is 6.46. The summed E-state index contributed by atoms with van der Waals surface area (Å²) in [5.74, 6) is -0.305. The van der Waals surface area contributed by atoms with Gasteiger partial charge in [0.15, 0.2) is 0 Å². The van der Waals surface area contributed by atoms with Crippen LogP contribution in [-0.4, -0.2) is 21.0 Å². The standard InChI is InChI=1S/C16H13N3O2/c1-10-8-11(6-7-12(10)16(20)21)18-15-9-17-13-4-2-3-5-14(13)19-15/h2-9H,1H3,(H,18,19)(H,20,21). The Bertz CT molecular complexity index is 831. The summed E-state index contributed by atoms with van der Waals surface area (Å²) in [6.45, 7) is 1.76. The minimum atomic E-state index is -0.926. The summed E-state index contributed by atoms with van der Waals surface area (Å²) in [4.78, 5) is 19.8. The molecule has 21 heavy (non-hydrogen) atoms. The lowest BCUT2D eigenvalue weighted by Gasteiger charge is -2.08. The molecule has 0 aliphatic heterocycles. The Morgan fingerprint density at radius 3 is 2.62 bits per heavy atom. The summed E-state index contributed by atoms with van der Waals surface area (Å²) in [7, 11) is 0. The van der Waals surface area contributed by atoms with E-state index in [4.69, 9.17) is 5.11 Å². The molecule has 0 amide bonds. The maximum Gasteiger partial charge on any atom is 0.335 e. The Kier molecular flexibility index (Phi) is 3.23. The maximum atomic E-state index is 11.0. The number of fused-ring (bicyclic) bond motifs is 1. The van der Waals surface area contributed by atoms with Crippen LogP contribution >= 0.6 is 0 Å². The van der Waals surface area contributed by atoms with Gasteiger partial charge < -0.3 is 10.4 Å². The zero-order valence-electron chi connectivity index (χ0n) is 11.4. The van der Waals surface area contributed by atoms with Gasteiger partial charge in [0.2, 0.25) is 0 Å². The van der Waals surface area contributed by atoms with Crippen LogP contribution in [0.1, 0.15) is 15.9 Å². The topological polar surface area (TPSA) is 75.1 Å². The monoisotopic (exact) mass is 279 g/mol.